The first kappa shape index (κ1) is 14.4. The third-order valence-electron chi connectivity index (χ3n) is 3.48. The molecule has 2 aromatic rings. The normalized spacial score (nSPS) is 10.4. The average molecular weight is 272 g/mol. The molecule has 0 fully saturated rings. The van der Waals surface area contributed by atoms with Crippen LogP contribution in [0, 0.1) is 19.7 Å². The lowest BCUT2D eigenvalue weighted by atomic mass is 10.1. The zero-order chi connectivity index (χ0) is 14.7. The van der Waals surface area contributed by atoms with E-state index in [1.165, 1.54) is 17.3 Å². The molecule has 2 rings (SSSR count). The number of rotatable bonds is 4. The smallest absolute Gasteiger partial charge is 0.123 e. The van der Waals surface area contributed by atoms with E-state index in [1.54, 1.807) is 6.07 Å². The SMILES string of the molecule is Cc1cc(F)ccc1CNc1ccc(C)c(N(C)C)c1. The maximum atomic E-state index is 13.1. The van der Waals surface area contributed by atoms with Gasteiger partial charge in [-0.15, -0.1) is 0 Å². The van der Waals surface area contributed by atoms with Gasteiger partial charge in [0.2, 0.25) is 0 Å². The Morgan fingerprint density at radius 2 is 1.75 bits per heavy atom. The molecule has 0 atom stereocenters. The highest BCUT2D eigenvalue weighted by Gasteiger charge is 2.04. The van der Waals surface area contributed by atoms with Crippen LogP contribution in [0.25, 0.3) is 0 Å². The lowest BCUT2D eigenvalue weighted by Gasteiger charge is -2.17. The van der Waals surface area contributed by atoms with Gasteiger partial charge < -0.3 is 10.2 Å². The second-order valence-electron chi connectivity index (χ2n) is 5.32. The summed E-state index contributed by atoms with van der Waals surface area (Å²) in [6.45, 7) is 4.73. The minimum Gasteiger partial charge on any atom is -0.381 e. The van der Waals surface area contributed by atoms with Crippen LogP contribution < -0.4 is 10.2 Å². The van der Waals surface area contributed by atoms with Crippen molar-refractivity contribution < 1.29 is 4.39 Å². The molecule has 0 spiro atoms. The fraction of sp³-hybridized carbons (Fsp3) is 0.294. The molecule has 0 bridgehead atoms. The quantitative estimate of drug-likeness (QED) is 0.900. The average Bonchev–Trinajstić information content (AvgIpc) is 2.39. The molecule has 3 heteroatoms. The van der Waals surface area contributed by atoms with Crippen LogP contribution in [0.3, 0.4) is 0 Å². The summed E-state index contributed by atoms with van der Waals surface area (Å²) in [5, 5.41) is 3.39. The van der Waals surface area contributed by atoms with E-state index < -0.39 is 0 Å². The van der Waals surface area contributed by atoms with Crippen molar-refractivity contribution in [3.05, 3.63) is 58.9 Å². The molecule has 2 aromatic carbocycles. The van der Waals surface area contributed by atoms with Crippen molar-refractivity contribution >= 4 is 11.4 Å². The van der Waals surface area contributed by atoms with Crippen molar-refractivity contribution in [3.8, 4) is 0 Å². The summed E-state index contributed by atoms with van der Waals surface area (Å²) in [5.74, 6) is -0.184. The Morgan fingerprint density at radius 1 is 1.00 bits per heavy atom. The monoisotopic (exact) mass is 272 g/mol. The molecule has 106 valence electrons. The number of anilines is 2. The van der Waals surface area contributed by atoms with Crippen molar-refractivity contribution in [1.29, 1.82) is 0 Å². The molecule has 0 unspecified atom stereocenters. The zero-order valence-corrected chi connectivity index (χ0v) is 12.5. The van der Waals surface area contributed by atoms with Gasteiger partial charge in [-0.05, 0) is 54.8 Å². The molecule has 0 saturated carbocycles. The summed E-state index contributed by atoms with van der Waals surface area (Å²) >= 11 is 0. The molecule has 0 aromatic heterocycles. The predicted molar refractivity (Wildman–Crippen MR) is 84.0 cm³/mol. The largest absolute Gasteiger partial charge is 0.381 e. The van der Waals surface area contributed by atoms with E-state index in [0.29, 0.717) is 6.54 Å². The Hall–Kier alpha value is -2.03. The fourth-order valence-electron chi connectivity index (χ4n) is 2.26. The number of aryl methyl sites for hydroxylation is 2. The Balaban J connectivity index is 2.13. The summed E-state index contributed by atoms with van der Waals surface area (Å²) in [7, 11) is 4.08. The summed E-state index contributed by atoms with van der Waals surface area (Å²) in [6.07, 6.45) is 0. The van der Waals surface area contributed by atoms with Crippen LogP contribution in [0.5, 0.6) is 0 Å². The molecule has 0 radical (unpaired) electrons. The Bertz CT molecular complexity index is 606. The molecule has 0 aliphatic rings. The van der Waals surface area contributed by atoms with Gasteiger partial charge in [-0.25, -0.2) is 4.39 Å². The molecule has 0 amide bonds. The highest BCUT2D eigenvalue weighted by Crippen LogP contribution is 2.23. The van der Waals surface area contributed by atoms with Crippen molar-refractivity contribution in [3.63, 3.8) is 0 Å². The maximum absolute atomic E-state index is 13.1. The number of nitrogens with one attached hydrogen (secondary N) is 1. The zero-order valence-electron chi connectivity index (χ0n) is 12.5. The van der Waals surface area contributed by atoms with Crippen molar-refractivity contribution in [2.24, 2.45) is 0 Å². The molecular weight excluding hydrogens is 251 g/mol. The third-order valence-corrected chi connectivity index (χ3v) is 3.48. The van der Waals surface area contributed by atoms with Gasteiger partial charge in [0.05, 0.1) is 0 Å². The van der Waals surface area contributed by atoms with Gasteiger partial charge >= 0.3 is 0 Å². The van der Waals surface area contributed by atoms with Gasteiger partial charge in [-0.3, -0.25) is 0 Å². The molecular formula is C17H21FN2. The molecule has 20 heavy (non-hydrogen) atoms. The minimum atomic E-state index is -0.184. The molecule has 0 aliphatic carbocycles. The highest BCUT2D eigenvalue weighted by atomic mass is 19.1. The Morgan fingerprint density at radius 3 is 2.40 bits per heavy atom. The van der Waals surface area contributed by atoms with E-state index in [4.69, 9.17) is 0 Å². The van der Waals surface area contributed by atoms with Crippen LogP contribution in [0.15, 0.2) is 36.4 Å². The van der Waals surface area contributed by atoms with Gasteiger partial charge in [0.15, 0.2) is 0 Å². The van der Waals surface area contributed by atoms with Crippen LogP contribution in [0.2, 0.25) is 0 Å². The van der Waals surface area contributed by atoms with Gasteiger partial charge in [-0.2, -0.15) is 0 Å². The molecule has 0 saturated heterocycles. The number of hydrogen-bond donors (Lipinski definition) is 1. The van der Waals surface area contributed by atoms with E-state index in [9.17, 15) is 4.39 Å². The number of benzene rings is 2. The van der Waals surface area contributed by atoms with Gasteiger partial charge in [0.1, 0.15) is 5.82 Å². The van der Waals surface area contributed by atoms with Gasteiger partial charge in [0, 0.05) is 32.0 Å². The van der Waals surface area contributed by atoms with Crippen molar-refractivity contribution in [2.75, 3.05) is 24.3 Å². The summed E-state index contributed by atoms with van der Waals surface area (Å²) in [6, 6.07) is 11.2. The van der Waals surface area contributed by atoms with Gasteiger partial charge in [0.25, 0.3) is 0 Å². The van der Waals surface area contributed by atoms with Crippen LogP contribution in [0.4, 0.5) is 15.8 Å². The first-order chi connectivity index (χ1) is 9.47. The van der Waals surface area contributed by atoms with E-state index in [-0.39, 0.29) is 5.82 Å². The second kappa shape index (κ2) is 5.95. The summed E-state index contributed by atoms with van der Waals surface area (Å²) < 4.78 is 13.1. The van der Waals surface area contributed by atoms with Crippen molar-refractivity contribution in [2.45, 2.75) is 20.4 Å². The first-order valence-corrected chi connectivity index (χ1v) is 6.74. The van der Waals surface area contributed by atoms with Crippen LogP contribution in [-0.4, -0.2) is 14.1 Å². The van der Waals surface area contributed by atoms with Crippen LogP contribution >= 0.6 is 0 Å². The van der Waals surface area contributed by atoms with Crippen LogP contribution in [0.1, 0.15) is 16.7 Å². The van der Waals surface area contributed by atoms with E-state index in [1.807, 2.05) is 27.1 Å². The lowest BCUT2D eigenvalue weighted by Crippen LogP contribution is -2.11. The number of nitrogens with zero attached hydrogens (tertiary/aromatic N) is 1. The predicted octanol–water partition coefficient (Wildman–Crippen LogP) is 4.12. The van der Waals surface area contributed by atoms with Gasteiger partial charge in [-0.1, -0.05) is 12.1 Å². The summed E-state index contributed by atoms with van der Waals surface area (Å²) in [5.41, 5.74) is 5.60. The number of hydrogen-bond acceptors (Lipinski definition) is 2. The standard InChI is InChI=1S/C17H21FN2/c1-12-5-8-16(10-17(12)20(3)4)19-11-14-6-7-15(18)9-13(14)2/h5-10,19H,11H2,1-4H3. The van der Waals surface area contributed by atoms with E-state index in [0.717, 1.165) is 16.8 Å². The lowest BCUT2D eigenvalue weighted by molar-refractivity contribution is 0.625. The number of halogens is 1. The molecule has 1 N–H and O–H groups in total. The Kier molecular flexibility index (Phi) is 4.28. The summed E-state index contributed by atoms with van der Waals surface area (Å²) in [4.78, 5) is 2.10. The maximum Gasteiger partial charge on any atom is 0.123 e. The topological polar surface area (TPSA) is 15.3 Å². The highest BCUT2D eigenvalue weighted by molar-refractivity contribution is 5.62. The van der Waals surface area contributed by atoms with Crippen LogP contribution in [-0.2, 0) is 6.54 Å². The van der Waals surface area contributed by atoms with Crippen molar-refractivity contribution in [1.82, 2.24) is 0 Å². The van der Waals surface area contributed by atoms with E-state index >= 15 is 0 Å². The third kappa shape index (κ3) is 3.29. The Labute approximate surface area is 120 Å². The first-order valence-electron chi connectivity index (χ1n) is 6.74. The molecule has 2 nitrogen and oxygen atoms in total. The fourth-order valence-corrected chi connectivity index (χ4v) is 2.26. The molecule has 0 aliphatic heterocycles. The minimum absolute atomic E-state index is 0.184. The second-order valence-corrected chi connectivity index (χ2v) is 5.32. The molecule has 0 heterocycles. The van der Waals surface area contributed by atoms with E-state index in [2.05, 4.69) is 35.3 Å².